The number of nitrogens with zero attached hydrogens (tertiary/aromatic N) is 1. The maximum atomic E-state index is 6.34. The molecule has 0 radical (unpaired) electrons. The van der Waals surface area contributed by atoms with Crippen molar-refractivity contribution in [2.75, 3.05) is 32.7 Å². The van der Waals surface area contributed by atoms with Crippen molar-refractivity contribution < 1.29 is 4.74 Å². The highest BCUT2D eigenvalue weighted by atomic mass is 16.5. The summed E-state index contributed by atoms with van der Waals surface area (Å²) >= 11 is 0. The van der Waals surface area contributed by atoms with E-state index in [1.165, 1.54) is 71.1 Å². The summed E-state index contributed by atoms with van der Waals surface area (Å²) in [6.07, 6.45) is 9.85. The van der Waals surface area contributed by atoms with Gasteiger partial charge in [0.25, 0.3) is 0 Å². The fourth-order valence-corrected chi connectivity index (χ4v) is 4.24. The Morgan fingerprint density at radius 2 is 2.00 bits per heavy atom. The summed E-state index contributed by atoms with van der Waals surface area (Å²) in [5, 5.41) is 3.67. The SMILES string of the molecule is CCN1CCC(CNCC2CCC3(CCCC3)O2)C1. The lowest BCUT2D eigenvalue weighted by atomic mass is 9.98. The third-order valence-corrected chi connectivity index (χ3v) is 5.48. The molecule has 2 heterocycles. The van der Waals surface area contributed by atoms with Crippen LogP contribution in [0.2, 0.25) is 0 Å². The van der Waals surface area contributed by atoms with Gasteiger partial charge in [0.1, 0.15) is 0 Å². The van der Waals surface area contributed by atoms with Crippen molar-refractivity contribution in [1.82, 2.24) is 10.2 Å². The molecule has 3 fully saturated rings. The Hall–Kier alpha value is -0.120. The van der Waals surface area contributed by atoms with E-state index in [2.05, 4.69) is 17.1 Å². The molecule has 0 aromatic carbocycles. The van der Waals surface area contributed by atoms with Crippen LogP contribution in [0, 0.1) is 5.92 Å². The van der Waals surface area contributed by atoms with Gasteiger partial charge < -0.3 is 15.0 Å². The van der Waals surface area contributed by atoms with Gasteiger partial charge in [0.05, 0.1) is 11.7 Å². The monoisotopic (exact) mass is 266 g/mol. The van der Waals surface area contributed by atoms with Crippen LogP contribution in [0.15, 0.2) is 0 Å². The van der Waals surface area contributed by atoms with Crippen molar-refractivity contribution in [3.05, 3.63) is 0 Å². The van der Waals surface area contributed by atoms with Crippen molar-refractivity contribution in [3.63, 3.8) is 0 Å². The summed E-state index contributed by atoms with van der Waals surface area (Å²) in [6.45, 7) is 8.33. The number of nitrogens with one attached hydrogen (secondary N) is 1. The van der Waals surface area contributed by atoms with Gasteiger partial charge in [-0.2, -0.15) is 0 Å². The highest BCUT2D eigenvalue weighted by molar-refractivity contribution is 4.93. The van der Waals surface area contributed by atoms with E-state index in [1.807, 2.05) is 0 Å². The van der Waals surface area contributed by atoms with E-state index in [4.69, 9.17) is 4.74 Å². The number of ether oxygens (including phenoxy) is 1. The van der Waals surface area contributed by atoms with Gasteiger partial charge in [-0.3, -0.25) is 0 Å². The number of hydrogen-bond donors (Lipinski definition) is 1. The second-order valence-electron chi connectivity index (χ2n) is 6.87. The van der Waals surface area contributed by atoms with Crippen molar-refractivity contribution in [3.8, 4) is 0 Å². The highest BCUT2D eigenvalue weighted by Gasteiger charge is 2.41. The first-order valence-corrected chi connectivity index (χ1v) is 8.40. The molecule has 110 valence electrons. The van der Waals surface area contributed by atoms with E-state index in [-0.39, 0.29) is 0 Å². The molecule has 0 bridgehead atoms. The quantitative estimate of drug-likeness (QED) is 0.827. The summed E-state index contributed by atoms with van der Waals surface area (Å²) in [5.41, 5.74) is 0.304. The molecule has 0 amide bonds. The third-order valence-electron chi connectivity index (χ3n) is 5.48. The molecule has 2 atom stereocenters. The van der Waals surface area contributed by atoms with E-state index >= 15 is 0 Å². The molecule has 19 heavy (non-hydrogen) atoms. The maximum absolute atomic E-state index is 6.34. The molecule has 2 saturated heterocycles. The van der Waals surface area contributed by atoms with E-state index in [9.17, 15) is 0 Å². The first-order chi connectivity index (χ1) is 9.30. The molecule has 0 aromatic rings. The molecule has 2 aliphatic heterocycles. The molecule has 1 aliphatic carbocycles. The zero-order valence-corrected chi connectivity index (χ0v) is 12.5. The highest BCUT2D eigenvalue weighted by Crippen LogP contribution is 2.43. The lowest BCUT2D eigenvalue weighted by Gasteiger charge is -2.24. The molecule has 2 unspecified atom stereocenters. The van der Waals surface area contributed by atoms with E-state index < -0.39 is 0 Å². The predicted molar refractivity (Wildman–Crippen MR) is 78.4 cm³/mol. The Balaban J connectivity index is 1.33. The predicted octanol–water partition coefficient (Wildman–Crippen LogP) is 2.41. The molecule has 1 spiro atoms. The molecule has 3 nitrogen and oxygen atoms in total. The van der Waals surface area contributed by atoms with Crippen molar-refractivity contribution in [2.45, 2.75) is 63.6 Å². The summed E-state index contributed by atoms with van der Waals surface area (Å²) < 4.78 is 6.34. The Kier molecular flexibility index (Phi) is 4.45. The lowest BCUT2D eigenvalue weighted by Crippen LogP contribution is -2.34. The first-order valence-electron chi connectivity index (χ1n) is 8.40. The Labute approximate surface area is 118 Å². The number of hydrogen-bond acceptors (Lipinski definition) is 3. The van der Waals surface area contributed by atoms with Gasteiger partial charge in [-0.05, 0) is 57.7 Å². The number of likely N-dealkylation sites (tertiary alicyclic amines) is 1. The summed E-state index contributed by atoms with van der Waals surface area (Å²) in [5.74, 6) is 0.863. The molecular formula is C16H30N2O. The molecule has 3 rings (SSSR count). The average Bonchev–Trinajstić information content (AvgIpc) is 3.13. The van der Waals surface area contributed by atoms with Crippen molar-refractivity contribution in [1.29, 1.82) is 0 Å². The van der Waals surface area contributed by atoms with Gasteiger partial charge in [-0.1, -0.05) is 19.8 Å². The van der Waals surface area contributed by atoms with Gasteiger partial charge in [-0.25, -0.2) is 0 Å². The van der Waals surface area contributed by atoms with Gasteiger partial charge in [0.2, 0.25) is 0 Å². The fourth-order valence-electron chi connectivity index (χ4n) is 4.24. The third kappa shape index (κ3) is 3.32. The number of rotatable bonds is 5. The molecule has 3 heteroatoms. The Bertz CT molecular complexity index is 288. The average molecular weight is 266 g/mol. The van der Waals surface area contributed by atoms with Crippen molar-refractivity contribution >= 4 is 0 Å². The van der Waals surface area contributed by atoms with Crippen LogP contribution in [-0.4, -0.2) is 49.3 Å². The molecule has 3 aliphatic rings. The molecule has 1 saturated carbocycles. The van der Waals surface area contributed by atoms with Crippen LogP contribution >= 0.6 is 0 Å². The minimum absolute atomic E-state index is 0.304. The minimum Gasteiger partial charge on any atom is -0.370 e. The Morgan fingerprint density at radius 3 is 2.74 bits per heavy atom. The van der Waals surface area contributed by atoms with Gasteiger partial charge >= 0.3 is 0 Å². The van der Waals surface area contributed by atoms with Crippen molar-refractivity contribution in [2.24, 2.45) is 5.92 Å². The summed E-state index contributed by atoms with van der Waals surface area (Å²) in [4.78, 5) is 2.56. The first kappa shape index (κ1) is 13.8. The van der Waals surface area contributed by atoms with Crippen LogP contribution in [0.3, 0.4) is 0 Å². The van der Waals surface area contributed by atoms with Gasteiger partial charge in [0, 0.05) is 13.1 Å². The molecular weight excluding hydrogens is 236 g/mol. The lowest BCUT2D eigenvalue weighted by molar-refractivity contribution is -0.0352. The zero-order valence-electron chi connectivity index (χ0n) is 12.5. The van der Waals surface area contributed by atoms with Crippen LogP contribution < -0.4 is 5.32 Å². The fraction of sp³-hybridized carbons (Fsp3) is 1.00. The normalized spacial score (nSPS) is 34.6. The zero-order chi connectivity index (χ0) is 13.1. The topological polar surface area (TPSA) is 24.5 Å². The van der Waals surface area contributed by atoms with Gasteiger partial charge in [0.15, 0.2) is 0 Å². The largest absolute Gasteiger partial charge is 0.370 e. The van der Waals surface area contributed by atoms with Crippen LogP contribution in [0.5, 0.6) is 0 Å². The van der Waals surface area contributed by atoms with E-state index in [0.29, 0.717) is 11.7 Å². The Morgan fingerprint density at radius 1 is 1.16 bits per heavy atom. The van der Waals surface area contributed by atoms with Gasteiger partial charge in [-0.15, -0.1) is 0 Å². The van der Waals surface area contributed by atoms with Crippen LogP contribution in [0.4, 0.5) is 0 Å². The molecule has 1 N–H and O–H groups in total. The summed E-state index contributed by atoms with van der Waals surface area (Å²) in [7, 11) is 0. The smallest absolute Gasteiger partial charge is 0.0708 e. The summed E-state index contributed by atoms with van der Waals surface area (Å²) in [6, 6.07) is 0. The van der Waals surface area contributed by atoms with Crippen LogP contribution in [0.1, 0.15) is 51.9 Å². The van der Waals surface area contributed by atoms with Crippen LogP contribution in [-0.2, 0) is 4.74 Å². The maximum Gasteiger partial charge on any atom is 0.0708 e. The second kappa shape index (κ2) is 6.11. The minimum atomic E-state index is 0.304. The van der Waals surface area contributed by atoms with Crippen LogP contribution in [0.25, 0.3) is 0 Å². The standard InChI is InChI=1S/C16H30N2O/c1-2-18-10-6-14(13-18)11-17-12-15-5-9-16(19-15)7-3-4-8-16/h14-15,17H,2-13H2,1H3. The second-order valence-corrected chi connectivity index (χ2v) is 6.87. The van der Waals surface area contributed by atoms with E-state index in [1.54, 1.807) is 0 Å². The van der Waals surface area contributed by atoms with E-state index in [0.717, 1.165) is 12.5 Å². The molecule has 0 aromatic heterocycles.